The SMILES string of the molecule is CC=CC(=O)OCCCC(F)(F)C(F)(F)CCCO. The van der Waals surface area contributed by atoms with Crippen LogP contribution in [0, 0.1) is 0 Å². The van der Waals surface area contributed by atoms with Crippen LogP contribution in [0.2, 0.25) is 0 Å². The molecule has 0 heterocycles. The molecular weight excluding hydrogens is 268 g/mol. The molecule has 3 nitrogen and oxygen atoms in total. The summed E-state index contributed by atoms with van der Waals surface area (Å²) in [6.45, 7) is 0.679. The van der Waals surface area contributed by atoms with Crippen LogP contribution >= 0.6 is 0 Å². The van der Waals surface area contributed by atoms with Crippen molar-refractivity contribution in [3.63, 3.8) is 0 Å². The van der Waals surface area contributed by atoms with Crippen molar-refractivity contribution in [1.82, 2.24) is 0 Å². The van der Waals surface area contributed by atoms with Gasteiger partial charge in [-0.3, -0.25) is 0 Å². The largest absolute Gasteiger partial charge is 0.463 e. The predicted molar refractivity (Wildman–Crippen MR) is 61.2 cm³/mol. The second kappa shape index (κ2) is 8.14. The number of carbonyl (C=O) groups is 1. The van der Waals surface area contributed by atoms with Crippen molar-refractivity contribution < 1.29 is 32.2 Å². The van der Waals surface area contributed by atoms with Crippen molar-refractivity contribution >= 4 is 5.97 Å². The molecular formula is C12H18F4O3. The molecule has 0 saturated heterocycles. The van der Waals surface area contributed by atoms with Crippen molar-refractivity contribution in [2.75, 3.05) is 13.2 Å². The van der Waals surface area contributed by atoms with Gasteiger partial charge in [0.25, 0.3) is 0 Å². The molecule has 0 bridgehead atoms. The van der Waals surface area contributed by atoms with Gasteiger partial charge in [0.1, 0.15) is 0 Å². The summed E-state index contributed by atoms with van der Waals surface area (Å²) in [4.78, 5) is 10.8. The van der Waals surface area contributed by atoms with Gasteiger partial charge in [0.15, 0.2) is 0 Å². The monoisotopic (exact) mass is 286 g/mol. The third-order valence-electron chi connectivity index (χ3n) is 2.37. The Kier molecular flexibility index (Phi) is 7.66. The fourth-order valence-corrected chi connectivity index (χ4v) is 1.32. The van der Waals surface area contributed by atoms with Gasteiger partial charge in [-0.05, 0) is 19.8 Å². The number of ether oxygens (including phenoxy) is 1. The van der Waals surface area contributed by atoms with E-state index < -0.39 is 43.7 Å². The van der Waals surface area contributed by atoms with Crippen LogP contribution in [0.3, 0.4) is 0 Å². The van der Waals surface area contributed by atoms with Crippen LogP contribution in [0.5, 0.6) is 0 Å². The van der Waals surface area contributed by atoms with Crippen LogP contribution < -0.4 is 0 Å². The summed E-state index contributed by atoms with van der Waals surface area (Å²) < 4.78 is 57.2. The number of rotatable bonds is 9. The van der Waals surface area contributed by atoms with Gasteiger partial charge in [0.2, 0.25) is 0 Å². The number of alkyl halides is 4. The minimum Gasteiger partial charge on any atom is -0.463 e. The summed E-state index contributed by atoms with van der Waals surface area (Å²) in [5, 5.41) is 8.38. The maximum atomic E-state index is 13.2. The molecule has 0 radical (unpaired) electrons. The molecule has 0 atom stereocenters. The first kappa shape index (κ1) is 17.9. The maximum Gasteiger partial charge on any atom is 0.330 e. The third kappa shape index (κ3) is 6.56. The number of carbonyl (C=O) groups excluding carboxylic acids is 1. The van der Waals surface area contributed by atoms with Crippen LogP contribution in [0.15, 0.2) is 12.2 Å². The summed E-state index contributed by atoms with van der Waals surface area (Å²) in [5.74, 6) is -9.03. The third-order valence-corrected chi connectivity index (χ3v) is 2.37. The maximum absolute atomic E-state index is 13.2. The predicted octanol–water partition coefficient (Wildman–Crippen LogP) is 2.93. The van der Waals surface area contributed by atoms with Gasteiger partial charge in [-0.2, -0.15) is 17.6 Å². The molecule has 0 unspecified atom stereocenters. The normalized spacial score (nSPS) is 12.9. The molecule has 0 aliphatic carbocycles. The van der Waals surface area contributed by atoms with Gasteiger partial charge in [-0.1, -0.05) is 6.08 Å². The number of aliphatic hydroxyl groups excluding tert-OH is 1. The Morgan fingerprint density at radius 1 is 1.16 bits per heavy atom. The number of hydrogen-bond donors (Lipinski definition) is 1. The van der Waals surface area contributed by atoms with E-state index in [0.29, 0.717) is 0 Å². The number of esters is 1. The Hall–Kier alpha value is -1.11. The first-order valence-electron chi connectivity index (χ1n) is 5.93. The standard InChI is InChI=1S/C12H18F4O3/c1-2-5-10(18)19-9-4-7-12(15,16)11(13,14)6-3-8-17/h2,5,17H,3-4,6-9H2,1H3. The quantitative estimate of drug-likeness (QED) is 0.307. The molecule has 19 heavy (non-hydrogen) atoms. The molecule has 0 aromatic heterocycles. The molecule has 1 N–H and O–H groups in total. The van der Waals surface area contributed by atoms with E-state index in [2.05, 4.69) is 4.74 Å². The summed E-state index contributed by atoms with van der Waals surface area (Å²) in [6, 6.07) is 0. The Bertz CT molecular complexity index is 303. The van der Waals surface area contributed by atoms with Crippen LogP contribution in [0.4, 0.5) is 17.6 Å². The number of allylic oxidation sites excluding steroid dienone is 1. The lowest BCUT2D eigenvalue weighted by molar-refractivity contribution is -0.217. The average Bonchev–Trinajstić information content (AvgIpc) is 2.32. The molecule has 0 amide bonds. The molecule has 0 fully saturated rings. The van der Waals surface area contributed by atoms with Gasteiger partial charge in [0.05, 0.1) is 6.61 Å². The van der Waals surface area contributed by atoms with Crippen LogP contribution in [-0.4, -0.2) is 36.1 Å². The number of aliphatic hydroxyl groups is 1. The fourth-order valence-electron chi connectivity index (χ4n) is 1.32. The van der Waals surface area contributed by atoms with E-state index >= 15 is 0 Å². The highest BCUT2D eigenvalue weighted by molar-refractivity contribution is 5.81. The van der Waals surface area contributed by atoms with E-state index in [1.807, 2.05) is 0 Å². The van der Waals surface area contributed by atoms with Crippen molar-refractivity contribution in [2.45, 2.75) is 44.5 Å². The van der Waals surface area contributed by atoms with Crippen LogP contribution in [-0.2, 0) is 9.53 Å². The van der Waals surface area contributed by atoms with Crippen molar-refractivity contribution in [1.29, 1.82) is 0 Å². The van der Waals surface area contributed by atoms with Gasteiger partial charge in [-0.25, -0.2) is 4.79 Å². The molecule has 112 valence electrons. The number of hydrogen-bond acceptors (Lipinski definition) is 3. The Balaban J connectivity index is 4.11. The minimum absolute atomic E-state index is 0.338. The van der Waals surface area contributed by atoms with Crippen LogP contribution in [0.25, 0.3) is 0 Å². The van der Waals surface area contributed by atoms with Crippen molar-refractivity contribution in [3.8, 4) is 0 Å². The van der Waals surface area contributed by atoms with E-state index in [1.165, 1.54) is 6.08 Å². The molecule has 0 aromatic carbocycles. The fraction of sp³-hybridized carbons (Fsp3) is 0.750. The van der Waals surface area contributed by atoms with Gasteiger partial charge >= 0.3 is 17.8 Å². The summed E-state index contributed by atoms with van der Waals surface area (Å²) >= 11 is 0. The molecule has 0 saturated carbocycles. The number of halogens is 4. The zero-order valence-corrected chi connectivity index (χ0v) is 10.7. The van der Waals surface area contributed by atoms with E-state index in [0.717, 1.165) is 6.08 Å². The highest BCUT2D eigenvalue weighted by atomic mass is 19.3. The van der Waals surface area contributed by atoms with Gasteiger partial charge in [-0.15, -0.1) is 0 Å². The van der Waals surface area contributed by atoms with E-state index in [-0.39, 0.29) is 13.0 Å². The second-order valence-corrected chi connectivity index (χ2v) is 4.01. The smallest absolute Gasteiger partial charge is 0.330 e. The Labute approximate surface area is 109 Å². The molecule has 0 aromatic rings. The minimum atomic E-state index is -4.17. The zero-order valence-electron chi connectivity index (χ0n) is 10.7. The Morgan fingerprint density at radius 2 is 1.68 bits per heavy atom. The van der Waals surface area contributed by atoms with E-state index in [4.69, 9.17) is 5.11 Å². The molecule has 0 rings (SSSR count). The lowest BCUT2D eigenvalue weighted by Crippen LogP contribution is -2.40. The van der Waals surface area contributed by atoms with E-state index in [1.54, 1.807) is 6.92 Å². The topological polar surface area (TPSA) is 46.5 Å². The highest BCUT2D eigenvalue weighted by Crippen LogP contribution is 2.40. The summed E-state index contributed by atoms with van der Waals surface area (Å²) in [5.41, 5.74) is 0. The average molecular weight is 286 g/mol. The molecule has 0 spiro atoms. The molecule has 0 aliphatic rings. The van der Waals surface area contributed by atoms with Crippen molar-refractivity contribution in [3.05, 3.63) is 12.2 Å². The van der Waals surface area contributed by atoms with Gasteiger partial charge < -0.3 is 9.84 Å². The zero-order chi connectivity index (χ0) is 14.9. The Morgan fingerprint density at radius 3 is 2.16 bits per heavy atom. The summed E-state index contributed by atoms with van der Waals surface area (Å²) in [6.07, 6.45) is -0.374. The van der Waals surface area contributed by atoms with Gasteiger partial charge in [0, 0.05) is 25.5 Å². The first-order valence-corrected chi connectivity index (χ1v) is 5.93. The van der Waals surface area contributed by atoms with E-state index in [9.17, 15) is 22.4 Å². The van der Waals surface area contributed by atoms with Crippen molar-refractivity contribution in [2.24, 2.45) is 0 Å². The first-order chi connectivity index (χ1) is 8.77. The van der Waals surface area contributed by atoms with Crippen LogP contribution in [0.1, 0.15) is 32.6 Å². The molecule has 7 heteroatoms. The molecule has 0 aliphatic heterocycles. The highest BCUT2D eigenvalue weighted by Gasteiger charge is 2.54. The lowest BCUT2D eigenvalue weighted by atomic mass is 10.0. The second-order valence-electron chi connectivity index (χ2n) is 4.01. The lowest BCUT2D eigenvalue weighted by Gasteiger charge is -2.26. The summed E-state index contributed by atoms with van der Waals surface area (Å²) in [7, 11) is 0.